The van der Waals surface area contributed by atoms with Gasteiger partial charge in [0.15, 0.2) is 0 Å². The van der Waals surface area contributed by atoms with Gasteiger partial charge in [0.2, 0.25) is 0 Å². The van der Waals surface area contributed by atoms with E-state index in [4.69, 9.17) is 0 Å². The zero-order valence-corrected chi connectivity index (χ0v) is 6.93. The number of esters is 1. The van der Waals surface area contributed by atoms with E-state index in [1.54, 1.807) is 0 Å². The molecule has 64 valence electrons. The van der Waals surface area contributed by atoms with Gasteiger partial charge in [-0.3, -0.25) is 4.79 Å². The first kappa shape index (κ1) is 8.53. The van der Waals surface area contributed by atoms with Crippen molar-refractivity contribution >= 4 is 5.97 Å². The predicted molar refractivity (Wildman–Crippen MR) is 42.3 cm³/mol. The molecule has 1 rings (SSSR count). The second kappa shape index (κ2) is 4.34. The van der Waals surface area contributed by atoms with Crippen LogP contribution in [0.2, 0.25) is 0 Å². The van der Waals surface area contributed by atoms with Crippen LogP contribution in [-0.4, -0.2) is 25.7 Å². The van der Waals surface area contributed by atoms with Crippen molar-refractivity contribution in [1.29, 1.82) is 0 Å². The average Bonchev–Trinajstić information content (AvgIpc) is 2.52. The molecule has 1 aliphatic heterocycles. The minimum atomic E-state index is -0.0984. The summed E-state index contributed by atoms with van der Waals surface area (Å²) in [7, 11) is 1.43. The molecule has 1 fully saturated rings. The van der Waals surface area contributed by atoms with Gasteiger partial charge in [0.1, 0.15) is 0 Å². The Morgan fingerprint density at radius 1 is 1.73 bits per heavy atom. The van der Waals surface area contributed by atoms with Crippen LogP contribution in [0.1, 0.15) is 25.7 Å². The number of methoxy groups -OCH3 is 1. The van der Waals surface area contributed by atoms with Crippen LogP contribution in [0.15, 0.2) is 0 Å². The number of carbonyl (C=O) groups excluding carboxylic acids is 1. The minimum absolute atomic E-state index is 0.0984. The van der Waals surface area contributed by atoms with Crippen LogP contribution in [0.3, 0.4) is 0 Å². The molecule has 0 amide bonds. The van der Waals surface area contributed by atoms with Crippen LogP contribution < -0.4 is 5.32 Å². The van der Waals surface area contributed by atoms with Gasteiger partial charge in [0.25, 0.3) is 0 Å². The lowest BCUT2D eigenvalue weighted by molar-refractivity contribution is -0.140. The van der Waals surface area contributed by atoms with E-state index >= 15 is 0 Å². The summed E-state index contributed by atoms with van der Waals surface area (Å²) in [5, 5.41) is 3.33. The van der Waals surface area contributed by atoms with E-state index in [0.29, 0.717) is 12.5 Å². The van der Waals surface area contributed by atoms with E-state index in [2.05, 4.69) is 10.1 Å². The van der Waals surface area contributed by atoms with Crippen LogP contribution >= 0.6 is 0 Å². The van der Waals surface area contributed by atoms with Crippen LogP contribution in [-0.2, 0) is 9.53 Å². The van der Waals surface area contributed by atoms with E-state index < -0.39 is 0 Å². The molecule has 0 saturated carbocycles. The largest absolute Gasteiger partial charge is 0.469 e. The third-order valence-electron chi connectivity index (χ3n) is 2.09. The predicted octanol–water partition coefficient (Wildman–Crippen LogP) is 0.692. The Bertz CT molecular complexity index is 130. The van der Waals surface area contributed by atoms with Gasteiger partial charge in [0.05, 0.1) is 7.11 Å². The molecular formula is C8H15NO2. The maximum atomic E-state index is 10.7. The third kappa shape index (κ3) is 2.89. The van der Waals surface area contributed by atoms with E-state index in [1.807, 2.05) is 0 Å². The first-order valence-corrected chi connectivity index (χ1v) is 4.13. The van der Waals surface area contributed by atoms with Crippen LogP contribution in [0.25, 0.3) is 0 Å². The average molecular weight is 157 g/mol. The Balaban J connectivity index is 2.06. The van der Waals surface area contributed by atoms with E-state index in [-0.39, 0.29) is 5.97 Å². The lowest BCUT2D eigenvalue weighted by Crippen LogP contribution is -2.22. The fourth-order valence-corrected chi connectivity index (χ4v) is 1.40. The summed E-state index contributed by atoms with van der Waals surface area (Å²) in [6.45, 7) is 1.10. The normalized spacial score (nSPS) is 23.5. The van der Waals surface area contributed by atoms with E-state index in [9.17, 15) is 4.79 Å². The lowest BCUT2D eigenvalue weighted by atomic mass is 10.1. The fraction of sp³-hybridized carbons (Fsp3) is 0.875. The van der Waals surface area contributed by atoms with Gasteiger partial charge in [-0.05, 0) is 25.8 Å². The summed E-state index contributed by atoms with van der Waals surface area (Å²) in [4.78, 5) is 10.7. The van der Waals surface area contributed by atoms with Crippen molar-refractivity contribution in [2.75, 3.05) is 13.7 Å². The van der Waals surface area contributed by atoms with Gasteiger partial charge in [-0.25, -0.2) is 0 Å². The molecule has 1 aliphatic rings. The Kier molecular flexibility index (Phi) is 3.36. The lowest BCUT2D eigenvalue weighted by Gasteiger charge is -2.07. The molecule has 1 heterocycles. The van der Waals surface area contributed by atoms with Gasteiger partial charge in [-0.2, -0.15) is 0 Å². The summed E-state index contributed by atoms with van der Waals surface area (Å²) < 4.78 is 4.54. The van der Waals surface area contributed by atoms with Crippen molar-refractivity contribution in [3.63, 3.8) is 0 Å². The highest BCUT2D eigenvalue weighted by atomic mass is 16.5. The van der Waals surface area contributed by atoms with Crippen LogP contribution in [0.4, 0.5) is 0 Å². The number of hydrogen-bond donors (Lipinski definition) is 1. The number of hydrogen-bond acceptors (Lipinski definition) is 3. The van der Waals surface area contributed by atoms with Gasteiger partial charge in [0, 0.05) is 12.5 Å². The Labute approximate surface area is 67.1 Å². The topological polar surface area (TPSA) is 38.3 Å². The van der Waals surface area contributed by atoms with Crippen molar-refractivity contribution < 1.29 is 9.53 Å². The second-order valence-electron chi connectivity index (χ2n) is 2.91. The van der Waals surface area contributed by atoms with Crippen LogP contribution in [0, 0.1) is 0 Å². The monoisotopic (exact) mass is 157 g/mol. The quantitative estimate of drug-likeness (QED) is 0.612. The molecule has 1 atom stereocenters. The van der Waals surface area contributed by atoms with Gasteiger partial charge < -0.3 is 10.1 Å². The Hall–Kier alpha value is -0.570. The standard InChI is InChI=1S/C8H15NO2/c1-11-8(10)5-4-7-3-2-6-9-7/h7,9H,2-6H2,1H3. The van der Waals surface area contributed by atoms with Gasteiger partial charge in [-0.15, -0.1) is 0 Å². The number of nitrogens with one attached hydrogen (secondary N) is 1. The molecule has 0 radical (unpaired) electrons. The third-order valence-corrected chi connectivity index (χ3v) is 2.09. The van der Waals surface area contributed by atoms with Crippen molar-refractivity contribution in [3.8, 4) is 0 Å². The summed E-state index contributed by atoms with van der Waals surface area (Å²) >= 11 is 0. The minimum Gasteiger partial charge on any atom is -0.469 e. The zero-order valence-electron chi connectivity index (χ0n) is 6.93. The summed E-state index contributed by atoms with van der Waals surface area (Å²) in [5.74, 6) is -0.0984. The molecule has 1 unspecified atom stereocenters. The van der Waals surface area contributed by atoms with Crippen molar-refractivity contribution in [1.82, 2.24) is 5.32 Å². The SMILES string of the molecule is COC(=O)CCC1CCCN1. The Morgan fingerprint density at radius 2 is 2.55 bits per heavy atom. The summed E-state index contributed by atoms with van der Waals surface area (Å²) in [6, 6.07) is 0.550. The van der Waals surface area contributed by atoms with Crippen LogP contribution in [0.5, 0.6) is 0 Å². The first-order valence-electron chi connectivity index (χ1n) is 4.13. The molecule has 0 aromatic rings. The number of carbonyl (C=O) groups is 1. The smallest absolute Gasteiger partial charge is 0.305 e. The molecule has 0 aromatic heterocycles. The maximum Gasteiger partial charge on any atom is 0.305 e. The summed E-state index contributed by atoms with van der Waals surface area (Å²) in [6.07, 6.45) is 3.92. The molecule has 0 aliphatic carbocycles. The van der Waals surface area contributed by atoms with E-state index in [0.717, 1.165) is 13.0 Å². The number of ether oxygens (including phenoxy) is 1. The molecule has 3 heteroatoms. The Morgan fingerprint density at radius 3 is 3.09 bits per heavy atom. The molecule has 0 spiro atoms. The highest BCUT2D eigenvalue weighted by Gasteiger charge is 2.14. The molecule has 11 heavy (non-hydrogen) atoms. The second-order valence-corrected chi connectivity index (χ2v) is 2.91. The molecule has 1 saturated heterocycles. The molecule has 1 N–H and O–H groups in total. The summed E-state index contributed by atoms with van der Waals surface area (Å²) in [5.41, 5.74) is 0. The molecular weight excluding hydrogens is 142 g/mol. The zero-order chi connectivity index (χ0) is 8.10. The fourth-order valence-electron chi connectivity index (χ4n) is 1.40. The van der Waals surface area contributed by atoms with E-state index in [1.165, 1.54) is 20.0 Å². The molecule has 0 bridgehead atoms. The highest BCUT2D eigenvalue weighted by Crippen LogP contribution is 2.10. The van der Waals surface area contributed by atoms with Crippen molar-refractivity contribution in [3.05, 3.63) is 0 Å². The van der Waals surface area contributed by atoms with Gasteiger partial charge >= 0.3 is 5.97 Å². The van der Waals surface area contributed by atoms with Crippen molar-refractivity contribution in [2.24, 2.45) is 0 Å². The maximum absolute atomic E-state index is 10.7. The first-order chi connectivity index (χ1) is 5.33. The molecule has 3 nitrogen and oxygen atoms in total. The van der Waals surface area contributed by atoms with Crippen molar-refractivity contribution in [2.45, 2.75) is 31.7 Å². The number of rotatable bonds is 3. The van der Waals surface area contributed by atoms with Gasteiger partial charge in [-0.1, -0.05) is 0 Å². The molecule has 0 aromatic carbocycles. The highest BCUT2D eigenvalue weighted by molar-refractivity contribution is 5.69.